The Morgan fingerprint density at radius 2 is 1.64 bits per heavy atom. The largest absolute Gasteiger partial charge is 0.496 e. The molecule has 0 spiro atoms. The molecule has 3 aromatic carbocycles. The predicted octanol–water partition coefficient (Wildman–Crippen LogP) is 6.76. The standard InChI is InChI=1S/C23H19ClO/c1-25-23-15-14-21(20-8-4-5-9-22(20)23)19-7-3-2-6-18(19)16-10-12-17(24)13-11-16/h2,4-6,8-15H,3,7H2,1H3. The molecule has 0 N–H and O–H groups in total. The van der Waals surface area contributed by atoms with Gasteiger partial charge in [0.2, 0.25) is 0 Å². The molecule has 0 aromatic heterocycles. The van der Waals surface area contributed by atoms with E-state index in [0.717, 1.165) is 29.0 Å². The summed E-state index contributed by atoms with van der Waals surface area (Å²) in [5.41, 5.74) is 5.14. The fourth-order valence-electron chi connectivity index (χ4n) is 3.56. The van der Waals surface area contributed by atoms with E-state index in [4.69, 9.17) is 16.3 Å². The minimum atomic E-state index is 0.764. The molecular formula is C23H19ClO. The Hall–Kier alpha value is -2.51. The molecule has 0 radical (unpaired) electrons. The molecule has 4 rings (SSSR count). The second kappa shape index (κ2) is 6.78. The lowest BCUT2D eigenvalue weighted by Crippen LogP contribution is -1.97. The van der Waals surface area contributed by atoms with E-state index in [-0.39, 0.29) is 0 Å². The highest BCUT2D eigenvalue weighted by atomic mass is 35.5. The molecule has 0 fully saturated rings. The Morgan fingerprint density at radius 1 is 0.880 bits per heavy atom. The molecule has 0 bridgehead atoms. The molecule has 1 aliphatic carbocycles. The van der Waals surface area contributed by atoms with Crippen LogP contribution in [0.25, 0.3) is 21.9 Å². The SMILES string of the molecule is COc1ccc(C2=C(c3ccc(Cl)cc3)C=CCC2)c2ccccc12. The number of fused-ring (bicyclic) bond motifs is 1. The van der Waals surface area contributed by atoms with E-state index in [2.05, 4.69) is 60.7 Å². The van der Waals surface area contributed by atoms with Crippen molar-refractivity contribution < 1.29 is 4.74 Å². The van der Waals surface area contributed by atoms with Crippen LogP contribution >= 0.6 is 11.6 Å². The summed E-state index contributed by atoms with van der Waals surface area (Å²) in [6.45, 7) is 0. The van der Waals surface area contributed by atoms with Crippen molar-refractivity contribution in [3.8, 4) is 5.75 Å². The molecule has 3 aromatic rings. The van der Waals surface area contributed by atoms with E-state index in [0.29, 0.717) is 0 Å². The molecule has 0 unspecified atom stereocenters. The van der Waals surface area contributed by atoms with Crippen LogP contribution in [0.15, 0.2) is 72.8 Å². The average molecular weight is 347 g/mol. The number of rotatable bonds is 3. The minimum Gasteiger partial charge on any atom is -0.496 e. The summed E-state index contributed by atoms with van der Waals surface area (Å²) in [6, 6.07) is 20.8. The average Bonchev–Trinajstić information content (AvgIpc) is 2.68. The Labute approximate surface area is 153 Å². The molecule has 0 atom stereocenters. The van der Waals surface area contributed by atoms with E-state index in [9.17, 15) is 0 Å². The highest BCUT2D eigenvalue weighted by Crippen LogP contribution is 2.39. The van der Waals surface area contributed by atoms with Crippen LogP contribution in [0.5, 0.6) is 5.75 Å². The van der Waals surface area contributed by atoms with Gasteiger partial charge in [-0.3, -0.25) is 0 Å². The Bertz CT molecular complexity index is 981. The highest BCUT2D eigenvalue weighted by Gasteiger charge is 2.16. The van der Waals surface area contributed by atoms with E-state index < -0.39 is 0 Å². The quantitative estimate of drug-likeness (QED) is 0.509. The van der Waals surface area contributed by atoms with Crippen LogP contribution in [0.1, 0.15) is 24.0 Å². The fourth-order valence-corrected chi connectivity index (χ4v) is 3.68. The third-order valence-corrected chi connectivity index (χ3v) is 5.01. The first-order valence-corrected chi connectivity index (χ1v) is 8.87. The van der Waals surface area contributed by atoms with Crippen molar-refractivity contribution in [2.75, 3.05) is 7.11 Å². The summed E-state index contributed by atoms with van der Waals surface area (Å²) in [5.74, 6) is 0.916. The van der Waals surface area contributed by atoms with Gasteiger partial charge in [-0.2, -0.15) is 0 Å². The van der Waals surface area contributed by atoms with E-state index >= 15 is 0 Å². The van der Waals surface area contributed by atoms with Crippen LogP contribution in [0.2, 0.25) is 5.02 Å². The van der Waals surface area contributed by atoms with Crippen LogP contribution in [0.4, 0.5) is 0 Å². The second-order valence-electron chi connectivity index (χ2n) is 6.20. The second-order valence-corrected chi connectivity index (χ2v) is 6.64. The zero-order valence-corrected chi connectivity index (χ0v) is 14.9. The number of ether oxygens (including phenoxy) is 1. The molecule has 1 aliphatic rings. The Morgan fingerprint density at radius 3 is 2.40 bits per heavy atom. The summed E-state index contributed by atoms with van der Waals surface area (Å²) in [4.78, 5) is 0. The molecule has 1 nitrogen and oxygen atoms in total. The van der Waals surface area contributed by atoms with Gasteiger partial charge in [0.15, 0.2) is 0 Å². The van der Waals surface area contributed by atoms with Crippen LogP contribution in [0, 0.1) is 0 Å². The molecule has 0 aliphatic heterocycles. The number of benzene rings is 3. The lowest BCUT2D eigenvalue weighted by Gasteiger charge is -2.19. The minimum absolute atomic E-state index is 0.764. The van der Waals surface area contributed by atoms with Gasteiger partial charge in [-0.1, -0.05) is 66.2 Å². The first kappa shape index (κ1) is 16.0. The maximum absolute atomic E-state index is 6.07. The van der Waals surface area contributed by atoms with Crippen LogP contribution in [-0.4, -0.2) is 7.11 Å². The Balaban J connectivity index is 1.96. The molecule has 0 saturated heterocycles. The number of methoxy groups -OCH3 is 1. The van der Waals surface area contributed by atoms with Gasteiger partial charge in [0.05, 0.1) is 7.11 Å². The van der Waals surface area contributed by atoms with Gasteiger partial charge >= 0.3 is 0 Å². The third-order valence-electron chi connectivity index (χ3n) is 4.75. The zero-order chi connectivity index (χ0) is 17.2. The Kier molecular flexibility index (Phi) is 4.33. The van der Waals surface area contributed by atoms with E-state index in [1.807, 2.05) is 12.1 Å². The first-order chi connectivity index (χ1) is 12.3. The van der Waals surface area contributed by atoms with Crippen LogP contribution in [0.3, 0.4) is 0 Å². The molecule has 0 heterocycles. The topological polar surface area (TPSA) is 9.23 Å². The van der Waals surface area contributed by atoms with Crippen molar-refractivity contribution in [1.82, 2.24) is 0 Å². The highest BCUT2D eigenvalue weighted by molar-refractivity contribution is 6.30. The van der Waals surface area contributed by atoms with E-state index in [1.54, 1.807) is 7.11 Å². The monoisotopic (exact) mass is 346 g/mol. The summed E-state index contributed by atoms with van der Waals surface area (Å²) in [5, 5.41) is 3.15. The van der Waals surface area contributed by atoms with Gasteiger partial charge in [-0.15, -0.1) is 0 Å². The number of halogens is 1. The number of hydrogen-bond donors (Lipinski definition) is 0. The zero-order valence-electron chi connectivity index (χ0n) is 14.1. The molecule has 0 saturated carbocycles. The molecule has 2 heteroatoms. The third kappa shape index (κ3) is 2.96. The first-order valence-electron chi connectivity index (χ1n) is 8.49. The van der Waals surface area contributed by atoms with Gasteiger partial charge in [0.25, 0.3) is 0 Å². The molecule has 124 valence electrons. The van der Waals surface area contributed by atoms with Crippen LogP contribution < -0.4 is 4.74 Å². The number of hydrogen-bond acceptors (Lipinski definition) is 1. The van der Waals surface area contributed by atoms with Crippen LogP contribution in [-0.2, 0) is 0 Å². The van der Waals surface area contributed by atoms with Crippen molar-refractivity contribution in [2.24, 2.45) is 0 Å². The summed E-state index contributed by atoms with van der Waals surface area (Å²) in [6.07, 6.45) is 6.58. The smallest absolute Gasteiger partial charge is 0.126 e. The maximum atomic E-state index is 6.07. The fraction of sp³-hybridized carbons (Fsp3) is 0.130. The van der Waals surface area contributed by atoms with Gasteiger partial charge < -0.3 is 4.74 Å². The maximum Gasteiger partial charge on any atom is 0.126 e. The van der Waals surface area contributed by atoms with E-state index in [1.165, 1.54) is 27.7 Å². The molecule has 25 heavy (non-hydrogen) atoms. The predicted molar refractivity (Wildman–Crippen MR) is 107 cm³/mol. The van der Waals surface area contributed by atoms with Crippen molar-refractivity contribution >= 4 is 33.5 Å². The van der Waals surface area contributed by atoms with Crippen molar-refractivity contribution in [3.05, 3.63) is 89.0 Å². The van der Waals surface area contributed by atoms with Crippen molar-refractivity contribution in [1.29, 1.82) is 0 Å². The molecular weight excluding hydrogens is 328 g/mol. The summed E-state index contributed by atoms with van der Waals surface area (Å²) >= 11 is 6.07. The number of allylic oxidation sites excluding steroid dienone is 4. The summed E-state index contributed by atoms with van der Waals surface area (Å²) in [7, 11) is 1.73. The van der Waals surface area contributed by atoms with Gasteiger partial charge in [-0.25, -0.2) is 0 Å². The normalized spacial score (nSPS) is 14.2. The lowest BCUT2D eigenvalue weighted by atomic mass is 9.86. The van der Waals surface area contributed by atoms with Crippen molar-refractivity contribution in [2.45, 2.75) is 12.8 Å². The lowest BCUT2D eigenvalue weighted by molar-refractivity contribution is 0.420. The summed E-state index contributed by atoms with van der Waals surface area (Å²) < 4.78 is 5.55. The molecule has 0 amide bonds. The van der Waals surface area contributed by atoms with Crippen molar-refractivity contribution in [3.63, 3.8) is 0 Å². The van der Waals surface area contributed by atoms with Gasteiger partial charge in [-0.05, 0) is 58.7 Å². The van der Waals surface area contributed by atoms with Gasteiger partial charge in [0, 0.05) is 10.4 Å². The van der Waals surface area contributed by atoms with Gasteiger partial charge in [0.1, 0.15) is 5.75 Å².